The van der Waals surface area contributed by atoms with Gasteiger partial charge in [0.2, 0.25) is 0 Å². The van der Waals surface area contributed by atoms with Crippen molar-refractivity contribution < 1.29 is 9.53 Å². The quantitative estimate of drug-likeness (QED) is 0.771. The maximum absolute atomic E-state index is 11.6. The Hall–Kier alpha value is -0.770. The van der Waals surface area contributed by atoms with Gasteiger partial charge in [-0.05, 0) is 25.7 Å². The first kappa shape index (κ1) is 11.7. The summed E-state index contributed by atoms with van der Waals surface area (Å²) in [5.41, 5.74) is 0. The number of carbonyl (C=O) groups excluding carboxylic acids is 1. The number of rotatable bonds is 3. The Morgan fingerprint density at radius 2 is 1.94 bits per heavy atom. The summed E-state index contributed by atoms with van der Waals surface area (Å²) in [6.45, 7) is 1.50. The molecule has 1 aliphatic heterocycles. The minimum Gasteiger partial charge on any atom is -0.376 e. The Bertz CT molecular complexity index is 221. The van der Waals surface area contributed by atoms with Gasteiger partial charge in [-0.2, -0.15) is 0 Å². The van der Waals surface area contributed by atoms with E-state index in [1.54, 1.807) is 0 Å². The van der Waals surface area contributed by atoms with Crippen molar-refractivity contribution in [1.29, 1.82) is 0 Å². The Balaban J connectivity index is 1.59. The van der Waals surface area contributed by atoms with Gasteiger partial charge in [-0.1, -0.05) is 19.3 Å². The molecule has 0 aromatic rings. The Morgan fingerprint density at radius 1 is 1.12 bits per heavy atom. The van der Waals surface area contributed by atoms with Crippen molar-refractivity contribution in [1.82, 2.24) is 10.6 Å². The van der Waals surface area contributed by atoms with Gasteiger partial charge < -0.3 is 15.4 Å². The minimum absolute atomic E-state index is 0.0256. The van der Waals surface area contributed by atoms with E-state index in [2.05, 4.69) is 10.6 Å². The highest BCUT2D eigenvalue weighted by molar-refractivity contribution is 5.74. The summed E-state index contributed by atoms with van der Waals surface area (Å²) >= 11 is 0. The van der Waals surface area contributed by atoms with E-state index >= 15 is 0 Å². The molecule has 0 aromatic carbocycles. The highest BCUT2D eigenvalue weighted by Crippen LogP contribution is 2.17. The van der Waals surface area contributed by atoms with Crippen LogP contribution in [0, 0.1) is 0 Å². The molecule has 1 saturated carbocycles. The SMILES string of the molecule is O=C(NC[C@H]1CCCO1)NC1CCCCC1. The normalized spacial score (nSPS) is 26.6. The molecule has 2 N–H and O–H groups in total. The summed E-state index contributed by atoms with van der Waals surface area (Å²) in [7, 11) is 0. The van der Waals surface area contributed by atoms with Crippen LogP contribution in [-0.2, 0) is 4.74 Å². The number of urea groups is 1. The fourth-order valence-corrected chi connectivity index (χ4v) is 2.50. The van der Waals surface area contributed by atoms with Crippen molar-refractivity contribution >= 4 is 6.03 Å². The molecule has 16 heavy (non-hydrogen) atoms. The molecule has 1 aliphatic carbocycles. The summed E-state index contributed by atoms with van der Waals surface area (Å²) < 4.78 is 5.45. The average Bonchev–Trinajstić information content (AvgIpc) is 2.81. The third-order valence-electron chi connectivity index (χ3n) is 3.45. The van der Waals surface area contributed by atoms with E-state index in [1.165, 1.54) is 19.3 Å². The molecule has 0 bridgehead atoms. The zero-order valence-corrected chi connectivity index (χ0v) is 9.84. The molecule has 0 unspecified atom stereocenters. The van der Waals surface area contributed by atoms with Crippen LogP contribution in [-0.4, -0.2) is 31.3 Å². The van der Waals surface area contributed by atoms with Gasteiger partial charge in [-0.3, -0.25) is 0 Å². The first-order chi connectivity index (χ1) is 7.84. The van der Waals surface area contributed by atoms with Crippen LogP contribution in [0.5, 0.6) is 0 Å². The van der Waals surface area contributed by atoms with E-state index in [-0.39, 0.29) is 12.1 Å². The molecule has 1 atom stereocenters. The molecule has 1 saturated heterocycles. The molecule has 92 valence electrons. The van der Waals surface area contributed by atoms with Gasteiger partial charge in [-0.15, -0.1) is 0 Å². The average molecular weight is 226 g/mol. The van der Waals surface area contributed by atoms with Crippen LogP contribution < -0.4 is 10.6 Å². The van der Waals surface area contributed by atoms with Crippen LogP contribution in [0.15, 0.2) is 0 Å². The summed E-state index contributed by atoms with van der Waals surface area (Å²) in [5.74, 6) is 0. The van der Waals surface area contributed by atoms with E-state index in [1.807, 2.05) is 0 Å². The molecule has 0 radical (unpaired) electrons. The predicted octanol–water partition coefficient (Wildman–Crippen LogP) is 1.80. The molecule has 0 aromatic heterocycles. The van der Waals surface area contributed by atoms with E-state index < -0.39 is 0 Å². The molecular weight excluding hydrogens is 204 g/mol. The highest BCUT2D eigenvalue weighted by Gasteiger charge is 2.18. The number of carbonyl (C=O) groups is 1. The smallest absolute Gasteiger partial charge is 0.315 e. The molecular formula is C12H22N2O2. The molecule has 2 aliphatic rings. The number of hydrogen-bond acceptors (Lipinski definition) is 2. The zero-order valence-electron chi connectivity index (χ0n) is 9.84. The second-order valence-corrected chi connectivity index (χ2v) is 4.82. The third-order valence-corrected chi connectivity index (χ3v) is 3.45. The van der Waals surface area contributed by atoms with Crippen LogP contribution >= 0.6 is 0 Å². The molecule has 2 rings (SSSR count). The second-order valence-electron chi connectivity index (χ2n) is 4.82. The summed E-state index contributed by atoms with van der Waals surface area (Å²) in [6.07, 6.45) is 8.50. The Morgan fingerprint density at radius 3 is 2.62 bits per heavy atom. The lowest BCUT2D eigenvalue weighted by molar-refractivity contribution is 0.111. The van der Waals surface area contributed by atoms with Crippen molar-refractivity contribution in [2.24, 2.45) is 0 Å². The molecule has 4 heteroatoms. The van der Waals surface area contributed by atoms with E-state index in [9.17, 15) is 4.79 Å². The van der Waals surface area contributed by atoms with Gasteiger partial charge in [0, 0.05) is 19.2 Å². The molecule has 2 fully saturated rings. The van der Waals surface area contributed by atoms with E-state index in [0.29, 0.717) is 12.6 Å². The zero-order chi connectivity index (χ0) is 11.2. The van der Waals surface area contributed by atoms with Crippen molar-refractivity contribution in [2.45, 2.75) is 57.1 Å². The maximum atomic E-state index is 11.6. The van der Waals surface area contributed by atoms with E-state index in [4.69, 9.17) is 4.74 Å². The lowest BCUT2D eigenvalue weighted by Crippen LogP contribution is -2.45. The van der Waals surface area contributed by atoms with Crippen LogP contribution in [0.4, 0.5) is 4.79 Å². The van der Waals surface area contributed by atoms with Crippen LogP contribution in [0.1, 0.15) is 44.9 Å². The lowest BCUT2D eigenvalue weighted by atomic mass is 9.96. The van der Waals surface area contributed by atoms with Gasteiger partial charge in [0.25, 0.3) is 0 Å². The standard InChI is InChI=1S/C12H22N2O2/c15-12(13-9-11-7-4-8-16-11)14-10-5-2-1-3-6-10/h10-11H,1-9H2,(H2,13,14,15)/t11-/m1/s1. The fourth-order valence-electron chi connectivity index (χ4n) is 2.50. The van der Waals surface area contributed by atoms with Gasteiger partial charge in [0.15, 0.2) is 0 Å². The summed E-state index contributed by atoms with van der Waals surface area (Å²) in [5, 5.41) is 5.93. The van der Waals surface area contributed by atoms with E-state index in [0.717, 1.165) is 32.3 Å². The topological polar surface area (TPSA) is 50.4 Å². The monoisotopic (exact) mass is 226 g/mol. The summed E-state index contributed by atoms with van der Waals surface area (Å²) in [4.78, 5) is 11.6. The molecule has 4 nitrogen and oxygen atoms in total. The maximum Gasteiger partial charge on any atom is 0.315 e. The second kappa shape index (κ2) is 6.09. The van der Waals surface area contributed by atoms with Crippen molar-refractivity contribution in [2.75, 3.05) is 13.2 Å². The summed E-state index contributed by atoms with van der Waals surface area (Å²) in [6, 6.07) is 0.362. The lowest BCUT2D eigenvalue weighted by Gasteiger charge is -2.23. The molecule has 1 heterocycles. The van der Waals surface area contributed by atoms with Gasteiger partial charge in [0.05, 0.1) is 6.10 Å². The Kier molecular flexibility index (Phi) is 4.45. The van der Waals surface area contributed by atoms with Gasteiger partial charge in [0.1, 0.15) is 0 Å². The number of nitrogens with one attached hydrogen (secondary N) is 2. The van der Waals surface area contributed by atoms with Crippen molar-refractivity contribution in [3.05, 3.63) is 0 Å². The van der Waals surface area contributed by atoms with Gasteiger partial charge in [-0.25, -0.2) is 4.79 Å². The van der Waals surface area contributed by atoms with Crippen molar-refractivity contribution in [3.63, 3.8) is 0 Å². The first-order valence-corrected chi connectivity index (χ1v) is 6.50. The number of amides is 2. The van der Waals surface area contributed by atoms with Crippen LogP contribution in [0.2, 0.25) is 0 Å². The number of hydrogen-bond donors (Lipinski definition) is 2. The fraction of sp³-hybridized carbons (Fsp3) is 0.917. The minimum atomic E-state index is -0.0256. The first-order valence-electron chi connectivity index (χ1n) is 6.50. The van der Waals surface area contributed by atoms with Crippen LogP contribution in [0.25, 0.3) is 0 Å². The van der Waals surface area contributed by atoms with Crippen molar-refractivity contribution in [3.8, 4) is 0 Å². The largest absolute Gasteiger partial charge is 0.376 e. The Labute approximate surface area is 97.1 Å². The van der Waals surface area contributed by atoms with Crippen LogP contribution in [0.3, 0.4) is 0 Å². The predicted molar refractivity (Wildman–Crippen MR) is 62.4 cm³/mol. The highest BCUT2D eigenvalue weighted by atomic mass is 16.5. The molecule has 2 amide bonds. The van der Waals surface area contributed by atoms with Gasteiger partial charge >= 0.3 is 6.03 Å². The molecule has 0 spiro atoms. The number of ether oxygens (including phenoxy) is 1. The third kappa shape index (κ3) is 3.67.